The van der Waals surface area contributed by atoms with Crippen LogP contribution in [0.1, 0.15) is 24.0 Å². The van der Waals surface area contributed by atoms with Gasteiger partial charge in [0.1, 0.15) is 5.75 Å². The third-order valence-electron chi connectivity index (χ3n) is 4.48. The number of fused-ring (bicyclic) bond motifs is 2. The molecule has 0 amide bonds. The summed E-state index contributed by atoms with van der Waals surface area (Å²) in [6.45, 7) is 0. The number of pyridine rings is 1. The summed E-state index contributed by atoms with van der Waals surface area (Å²) >= 11 is 6.04. The van der Waals surface area contributed by atoms with E-state index < -0.39 is 0 Å². The summed E-state index contributed by atoms with van der Waals surface area (Å²) in [7, 11) is 0. The zero-order valence-corrected chi connectivity index (χ0v) is 13.4. The van der Waals surface area contributed by atoms with Crippen LogP contribution in [-0.4, -0.2) is 10.1 Å². The number of nitrogens with one attached hydrogen (secondary N) is 1. The Kier molecular flexibility index (Phi) is 3.58. The van der Waals surface area contributed by atoms with E-state index in [9.17, 15) is 5.11 Å². The quantitative estimate of drug-likeness (QED) is 0.635. The van der Waals surface area contributed by atoms with Gasteiger partial charge in [0, 0.05) is 22.3 Å². The Morgan fingerprint density at radius 2 is 1.87 bits per heavy atom. The van der Waals surface area contributed by atoms with E-state index in [2.05, 4.69) is 16.4 Å². The molecule has 4 heteroatoms. The van der Waals surface area contributed by atoms with E-state index in [0.29, 0.717) is 10.8 Å². The number of phenolic OH excluding ortho intramolecular Hbond substituents is 1. The molecule has 1 aliphatic rings. The first-order chi connectivity index (χ1) is 11.2. The van der Waals surface area contributed by atoms with Crippen LogP contribution in [0.5, 0.6) is 5.75 Å². The minimum Gasteiger partial charge on any atom is -0.505 e. The van der Waals surface area contributed by atoms with Crippen molar-refractivity contribution in [1.82, 2.24) is 4.98 Å². The van der Waals surface area contributed by atoms with Crippen molar-refractivity contribution in [1.29, 1.82) is 0 Å². The average molecular weight is 325 g/mol. The molecule has 0 radical (unpaired) electrons. The van der Waals surface area contributed by atoms with Crippen molar-refractivity contribution in [2.45, 2.75) is 25.7 Å². The summed E-state index contributed by atoms with van der Waals surface area (Å²) in [5, 5.41) is 15.6. The lowest BCUT2D eigenvalue weighted by Gasteiger charge is -2.20. The van der Waals surface area contributed by atoms with E-state index in [-0.39, 0.29) is 0 Å². The first kappa shape index (κ1) is 14.3. The Bertz CT molecular complexity index is 892. The number of rotatable bonds is 2. The molecule has 2 N–H and O–H groups in total. The van der Waals surface area contributed by atoms with Crippen LogP contribution in [0.2, 0.25) is 5.02 Å². The molecule has 4 rings (SSSR count). The minimum atomic E-state index is 0.376. The average Bonchev–Trinajstić information content (AvgIpc) is 2.57. The number of aryl methyl sites for hydroxylation is 1. The number of hydrogen-bond acceptors (Lipinski definition) is 3. The Morgan fingerprint density at radius 3 is 2.78 bits per heavy atom. The molecule has 0 atom stereocenters. The Labute approximate surface area is 139 Å². The van der Waals surface area contributed by atoms with E-state index in [4.69, 9.17) is 11.6 Å². The van der Waals surface area contributed by atoms with E-state index in [1.807, 2.05) is 30.3 Å². The highest BCUT2D eigenvalue weighted by atomic mass is 35.5. The van der Waals surface area contributed by atoms with Crippen LogP contribution in [0.3, 0.4) is 0 Å². The first-order valence-corrected chi connectivity index (χ1v) is 8.25. The van der Waals surface area contributed by atoms with Crippen LogP contribution in [-0.2, 0) is 12.8 Å². The fourth-order valence-corrected chi connectivity index (χ4v) is 3.45. The number of aromatic nitrogens is 1. The van der Waals surface area contributed by atoms with Gasteiger partial charge >= 0.3 is 0 Å². The normalized spacial score (nSPS) is 13.8. The van der Waals surface area contributed by atoms with Crippen molar-refractivity contribution in [2.24, 2.45) is 0 Å². The maximum atomic E-state index is 10.6. The van der Waals surface area contributed by atoms with E-state index >= 15 is 0 Å². The minimum absolute atomic E-state index is 0.376. The summed E-state index contributed by atoms with van der Waals surface area (Å²) in [5.74, 6) is 0.376. The molecule has 0 saturated heterocycles. The van der Waals surface area contributed by atoms with Crippen LogP contribution in [0.25, 0.3) is 10.9 Å². The van der Waals surface area contributed by atoms with Crippen molar-refractivity contribution in [3.05, 3.63) is 58.7 Å². The number of nitrogens with zero attached hydrogens (tertiary/aromatic N) is 1. The van der Waals surface area contributed by atoms with E-state index in [1.54, 1.807) is 6.20 Å². The van der Waals surface area contributed by atoms with Crippen LogP contribution < -0.4 is 5.32 Å². The van der Waals surface area contributed by atoms with Crippen molar-refractivity contribution >= 4 is 33.9 Å². The highest BCUT2D eigenvalue weighted by Gasteiger charge is 2.16. The lowest BCUT2D eigenvalue weighted by Crippen LogP contribution is -2.04. The molecule has 1 aromatic heterocycles. The molecule has 2 aromatic carbocycles. The first-order valence-electron chi connectivity index (χ1n) is 7.87. The van der Waals surface area contributed by atoms with Gasteiger partial charge in [-0.1, -0.05) is 17.7 Å². The van der Waals surface area contributed by atoms with Gasteiger partial charge < -0.3 is 10.4 Å². The molecule has 0 aliphatic heterocycles. The third kappa shape index (κ3) is 2.62. The van der Waals surface area contributed by atoms with Gasteiger partial charge in [0.2, 0.25) is 0 Å². The lowest BCUT2D eigenvalue weighted by molar-refractivity contribution is 0.464. The second kappa shape index (κ2) is 5.74. The molecule has 23 heavy (non-hydrogen) atoms. The number of benzene rings is 2. The molecule has 0 unspecified atom stereocenters. The second-order valence-corrected chi connectivity index (χ2v) is 6.39. The summed E-state index contributed by atoms with van der Waals surface area (Å²) in [5.41, 5.74) is 4.85. The van der Waals surface area contributed by atoms with Crippen LogP contribution in [0.4, 0.5) is 11.4 Å². The predicted molar refractivity (Wildman–Crippen MR) is 94.8 cm³/mol. The fraction of sp³-hybridized carbons (Fsp3) is 0.211. The van der Waals surface area contributed by atoms with Crippen LogP contribution in [0, 0.1) is 0 Å². The van der Waals surface area contributed by atoms with Gasteiger partial charge in [-0.05, 0) is 67.1 Å². The molecule has 3 aromatic rings. The molecule has 0 fully saturated rings. The topological polar surface area (TPSA) is 45.1 Å². The smallest absolute Gasteiger partial charge is 0.142 e. The summed E-state index contributed by atoms with van der Waals surface area (Å²) in [6, 6.07) is 11.6. The maximum Gasteiger partial charge on any atom is 0.142 e. The third-order valence-corrected chi connectivity index (χ3v) is 4.71. The fourth-order valence-electron chi connectivity index (χ4n) is 3.28. The molecule has 3 nitrogen and oxygen atoms in total. The molecule has 0 bridgehead atoms. The van der Waals surface area contributed by atoms with Crippen molar-refractivity contribution < 1.29 is 5.11 Å². The molecule has 1 heterocycles. The van der Waals surface area contributed by atoms with Gasteiger partial charge in [-0.15, -0.1) is 0 Å². The molecule has 0 saturated carbocycles. The molecular weight excluding hydrogens is 308 g/mol. The Balaban J connectivity index is 1.77. The van der Waals surface area contributed by atoms with Gasteiger partial charge in [-0.2, -0.15) is 0 Å². The number of aromatic hydroxyl groups is 1. The van der Waals surface area contributed by atoms with Gasteiger partial charge in [-0.25, -0.2) is 0 Å². The second-order valence-electron chi connectivity index (χ2n) is 5.95. The standard InChI is InChI=1S/C19H17ClN2O/c20-13-6-7-15-16(9-10-21-18(15)11-13)22-17-8-5-12-3-1-2-4-14(12)19(17)23/h5-11,23H,1-4H2,(H,21,22). The van der Waals surface area contributed by atoms with Crippen LogP contribution >= 0.6 is 11.6 Å². The van der Waals surface area contributed by atoms with Gasteiger partial charge in [0.05, 0.1) is 11.2 Å². The maximum absolute atomic E-state index is 10.6. The number of anilines is 2. The highest BCUT2D eigenvalue weighted by Crippen LogP contribution is 2.37. The number of phenols is 1. The Morgan fingerprint density at radius 1 is 1.00 bits per heavy atom. The van der Waals surface area contributed by atoms with Gasteiger partial charge in [0.15, 0.2) is 0 Å². The molecule has 116 valence electrons. The SMILES string of the molecule is Oc1c(Nc2ccnc3cc(Cl)ccc23)ccc2c1CCCC2. The largest absolute Gasteiger partial charge is 0.505 e. The highest BCUT2D eigenvalue weighted by molar-refractivity contribution is 6.31. The summed E-state index contributed by atoms with van der Waals surface area (Å²) < 4.78 is 0. The van der Waals surface area contributed by atoms with Crippen LogP contribution in [0.15, 0.2) is 42.6 Å². The molecule has 1 aliphatic carbocycles. The molecular formula is C19H17ClN2O. The van der Waals surface area contributed by atoms with Crippen molar-refractivity contribution in [3.8, 4) is 5.75 Å². The molecule has 0 spiro atoms. The zero-order valence-electron chi connectivity index (χ0n) is 12.6. The number of halogens is 1. The predicted octanol–water partition coefficient (Wildman–Crippen LogP) is 5.22. The van der Waals surface area contributed by atoms with Gasteiger partial charge in [0.25, 0.3) is 0 Å². The van der Waals surface area contributed by atoms with Crippen molar-refractivity contribution in [2.75, 3.05) is 5.32 Å². The lowest BCUT2D eigenvalue weighted by atomic mass is 9.90. The van der Waals surface area contributed by atoms with Crippen molar-refractivity contribution in [3.63, 3.8) is 0 Å². The van der Waals surface area contributed by atoms with E-state index in [1.165, 1.54) is 12.0 Å². The summed E-state index contributed by atoms with van der Waals surface area (Å²) in [6.07, 6.45) is 6.09. The number of hydrogen-bond donors (Lipinski definition) is 2. The monoisotopic (exact) mass is 324 g/mol. The summed E-state index contributed by atoms with van der Waals surface area (Å²) in [4.78, 5) is 4.35. The Hall–Kier alpha value is -2.26. The zero-order chi connectivity index (χ0) is 15.8. The van der Waals surface area contributed by atoms with E-state index in [0.717, 1.165) is 47.1 Å². The van der Waals surface area contributed by atoms with Gasteiger partial charge in [-0.3, -0.25) is 4.98 Å².